The summed E-state index contributed by atoms with van der Waals surface area (Å²) in [6.45, 7) is 4.99. The lowest BCUT2D eigenvalue weighted by atomic mass is 9.76. The number of para-hydroxylation sites is 1. The van der Waals surface area contributed by atoms with Crippen LogP contribution in [0.5, 0.6) is 17.2 Å². The van der Waals surface area contributed by atoms with E-state index in [4.69, 9.17) is 14.2 Å². The highest BCUT2D eigenvalue weighted by Gasteiger charge is 2.35. The summed E-state index contributed by atoms with van der Waals surface area (Å²) >= 11 is 0. The molecule has 1 atom stereocenters. The summed E-state index contributed by atoms with van der Waals surface area (Å²) < 4.78 is 16.5. The molecule has 176 valence electrons. The van der Waals surface area contributed by atoms with Gasteiger partial charge >= 0.3 is 0 Å². The Bertz CT molecular complexity index is 908. The van der Waals surface area contributed by atoms with Crippen molar-refractivity contribution in [3.05, 3.63) is 90.0 Å². The average molecular weight is 450 g/mol. The van der Waals surface area contributed by atoms with Crippen LogP contribution in [-0.4, -0.2) is 38.6 Å². The molecule has 5 nitrogen and oxygen atoms in total. The first-order chi connectivity index (χ1) is 16.0. The smallest absolute Gasteiger partial charge is 0.119 e. The molecule has 0 radical (unpaired) electrons. The van der Waals surface area contributed by atoms with Crippen LogP contribution in [0.4, 0.5) is 0 Å². The van der Waals surface area contributed by atoms with E-state index in [1.54, 1.807) is 14.2 Å². The van der Waals surface area contributed by atoms with Gasteiger partial charge in [0.1, 0.15) is 30.0 Å². The molecule has 0 spiro atoms. The van der Waals surface area contributed by atoms with Gasteiger partial charge in [0.2, 0.25) is 0 Å². The van der Waals surface area contributed by atoms with Gasteiger partial charge in [-0.1, -0.05) is 56.3 Å². The molecule has 0 saturated heterocycles. The molecule has 0 aliphatic carbocycles. The van der Waals surface area contributed by atoms with Gasteiger partial charge in [-0.2, -0.15) is 0 Å². The molecule has 3 aromatic rings. The minimum atomic E-state index is -0.673. The van der Waals surface area contributed by atoms with Crippen molar-refractivity contribution in [1.29, 1.82) is 0 Å². The van der Waals surface area contributed by atoms with E-state index in [2.05, 4.69) is 43.4 Å². The van der Waals surface area contributed by atoms with Crippen LogP contribution in [0.15, 0.2) is 78.9 Å². The minimum Gasteiger partial charge on any atom is -0.497 e. The van der Waals surface area contributed by atoms with Crippen molar-refractivity contribution >= 4 is 0 Å². The fourth-order valence-corrected chi connectivity index (χ4v) is 4.10. The predicted octanol–water partition coefficient (Wildman–Crippen LogP) is 5.02. The van der Waals surface area contributed by atoms with E-state index in [0.29, 0.717) is 12.5 Å². The van der Waals surface area contributed by atoms with Crippen LogP contribution in [0, 0.1) is 5.92 Å². The molecule has 0 aromatic heterocycles. The fraction of sp³-hybridized carbons (Fsp3) is 0.357. The van der Waals surface area contributed by atoms with Crippen molar-refractivity contribution in [1.82, 2.24) is 5.32 Å². The van der Waals surface area contributed by atoms with Gasteiger partial charge in [0, 0.05) is 6.54 Å². The van der Waals surface area contributed by atoms with Gasteiger partial charge in [0.05, 0.1) is 19.8 Å². The van der Waals surface area contributed by atoms with Crippen molar-refractivity contribution in [2.24, 2.45) is 5.92 Å². The van der Waals surface area contributed by atoms with Gasteiger partial charge in [-0.3, -0.25) is 0 Å². The van der Waals surface area contributed by atoms with E-state index in [9.17, 15) is 5.11 Å². The van der Waals surface area contributed by atoms with E-state index >= 15 is 0 Å². The van der Waals surface area contributed by atoms with E-state index in [0.717, 1.165) is 34.8 Å². The summed E-state index contributed by atoms with van der Waals surface area (Å²) in [7, 11) is 3.34. The molecule has 33 heavy (non-hydrogen) atoms. The molecule has 0 heterocycles. The maximum atomic E-state index is 10.7. The van der Waals surface area contributed by atoms with Gasteiger partial charge in [-0.25, -0.2) is 0 Å². The molecule has 2 N–H and O–H groups in total. The van der Waals surface area contributed by atoms with Crippen LogP contribution in [0.25, 0.3) is 0 Å². The van der Waals surface area contributed by atoms with Crippen molar-refractivity contribution in [3.8, 4) is 17.2 Å². The van der Waals surface area contributed by atoms with Crippen molar-refractivity contribution in [2.45, 2.75) is 31.9 Å². The highest BCUT2D eigenvalue weighted by atomic mass is 16.5. The largest absolute Gasteiger partial charge is 0.497 e. The normalized spacial score (nSPS) is 12.4. The number of rotatable bonds is 12. The Hall–Kier alpha value is -3.02. The first kappa shape index (κ1) is 24.6. The molecule has 0 fully saturated rings. The first-order valence-corrected chi connectivity index (χ1v) is 11.4. The van der Waals surface area contributed by atoms with Crippen molar-refractivity contribution in [3.63, 3.8) is 0 Å². The zero-order valence-corrected chi connectivity index (χ0v) is 20.0. The maximum Gasteiger partial charge on any atom is 0.119 e. The summed E-state index contributed by atoms with van der Waals surface area (Å²) in [5, 5.41) is 14.4. The molecule has 0 aliphatic heterocycles. The van der Waals surface area contributed by atoms with E-state index in [1.807, 2.05) is 54.6 Å². The predicted molar refractivity (Wildman–Crippen MR) is 132 cm³/mol. The monoisotopic (exact) mass is 449 g/mol. The number of benzene rings is 3. The van der Waals surface area contributed by atoms with Crippen LogP contribution < -0.4 is 19.5 Å². The van der Waals surface area contributed by atoms with Gasteiger partial charge < -0.3 is 24.6 Å². The molecule has 3 rings (SSSR count). The number of hydrogen-bond donors (Lipinski definition) is 2. The number of aliphatic hydroxyl groups is 1. The van der Waals surface area contributed by atoms with Crippen LogP contribution in [-0.2, 0) is 5.54 Å². The summed E-state index contributed by atoms with van der Waals surface area (Å²) in [5.74, 6) is 2.76. The number of hydrogen-bond acceptors (Lipinski definition) is 5. The molecule has 0 aliphatic rings. The van der Waals surface area contributed by atoms with Crippen LogP contribution in [0.1, 0.15) is 31.4 Å². The SMILES string of the molecule is COc1ccc(C(CC(C)C)(NC[C@H](O)COc2ccccc2)c2ccc(OC)cc2)cc1. The lowest BCUT2D eigenvalue weighted by Gasteiger charge is -2.39. The highest BCUT2D eigenvalue weighted by Crippen LogP contribution is 2.37. The first-order valence-electron chi connectivity index (χ1n) is 11.4. The Balaban J connectivity index is 1.89. The third-order valence-electron chi connectivity index (χ3n) is 5.71. The Morgan fingerprint density at radius 3 is 1.73 bits per heavy atom. The second-order valence-corrected chi connectivity index (χ2v) is 8.62. The average Bonchev–Trinajstić information content (AvgIpc) is 2.86. The molecular weight excluding hydrogens is 414 g/mol. The van der Waals surface area contributed by atoms with Gasteiger partial charge in [-0.15, -0.1) is 0 Å². The number of methoxy groups -OCH3 is 2. The zero-order chi connectivity index (χ0) is 23.7. The fourth-order valence-electron chi connectivity index (χ4n) is 4.10. The number of aliphatic hydroxyl groups excluding tert-OH is 1. The summed E-state index contributed by atoms with van der Waals surface area (Å²) in [6.07, 6.45) is 0.172. The van der Waals surface area contributed by atoms with E-state index in [-0.39, 0.29) is 6.61 Å². The lowest BCUT2D eigenvalue weighted by Crippen LogP contribution is -2.48. The summed E-state index contributed by atoms with van der Waals surface area (Å²) in [5.41, 5.74) is 1.72. The second kappa shape index (κ2) is 11.7. The number of ether oxygens (including phenoxy) is 3. The van der Waals surface area contributed by atoms with Gasteiger partial charge in [0.25, 0.3) is 0 Å². The molecule has 0 saturated carbocycles. The summed E-state index contributed by atoms with van der Waals surface area (Å²) in [6, 6.07) is 25.8. The Morgan fingerprint density at radius 1 is 0.758 bits per heavy atom. The molecule has 0 amide bonds. The molecule has 5 heteroatoms. The van der Waals surface area contributed by atoms with Crippen molar-refractivity contribution in [2.75, 3.05) is 27.4 Å². The second-order valence-electron chi connectivity index (χ2n) is 8.62. The van der Waals surface area contributed by atoms with Gasteiger partial charge in [-0.05, 0) is 59.9 Å². The molecule has 0 bridgehead atoms. The van der Waals surface area contributed by atoms with E-state index < -0.39 is 11.6 Å². The molecule has 3 aromatic carbocycles. The maximum absolute atomic E-state index is 10.7. The van der Waals surface area contributed by atoms with Crippen LogP contribution in [0.3, 0.4) is 0 Å². The third-order valence-corrected chi connectivity index (χ3v) is 5.71. The Morgan fingerprint density at radius 2 is 1.27 bits per heavy atom. The third kappa shape index (κ3) is 6.50. The van der Waals surface area contributed by atoms with E-state index in [1.165, 1.54) is 0 Å². The minimum absolute atomic E-state index is 0.208. The van der Waals surface area contributed by atoms with Crippen molar-refractivity contribution < 1.29 is 19.3 Å². The van der Waals surface area contributed by atoms with Gasteiger partial charge in [0.15, 0.2) is 0 Å². The Labute approximate surface area is 197 Å². The quantitative estimate of drug-likeness (QED) is 0.406. The number of nitrogens with one attached hydrogen (secondary N) is 1. The lowest BCUT2D eigenvalue weighted by molar-refractivity contribution is 0.0971. The van der Waals surface area contributed by atoms with Crippen LogP contribution >= 0.6 is 0 Å². The van der Waals surface area contributed by atoms with Crippen LogP contribution in [0.2, 0.25) is 0 Å². The standard InChI is InChI=1S/C28H35NO4/c1-21(2)18-28(22-10-14-25(31-3)15-11-22,23-12-16-26(32-4)17-13-23)29-19-24(30)20-33-27-8-6-5-7-9-27/h5-17,21,24,29-30H,18-20H2,1-4H3/t24-/m0/s1. The molecule has 0 unspecified atom stereocenters. The highest BCUT2D eigenvalue weighted by molar-refractivity contribution is 5.43. The Kier molecular flexibility index (Phi) is 8.75. The molecular formula is C28H35NO4. The summed E-state index contributed by atoms with van der Waals surface area (Å²) in [4.78, 5) is 0. The zero-order valence-electron chi connectivity index (χ0n) is 20.0. The topological polar surface area (TPSA) is 60.0 Å².